The van der Waals surface area contributed by atoms with E-state index in [1.807, 2.05) is 58.3 Å². The lowest BCUT2D eigenvalue weighted by Gasteiger charge is -2.36. The lowest BCUT2D eigenvalue weighted by Crippen LogP contribution is -2.52. The molecular formula is C27H27N3O5. The van der Waals surface area contributed by atoms with E-state index in [1.54, 1.807) is 0 Å². The van der Waals surface area contributed by atoms with Crippen LogP contribution in [0.2, 0.25) is 0 Å². The third-order valence-electron chi connectivity index (χ3n) is 6.87. The maximum Gasteiger partial charge on any atom is 0.254 e. The molecule has 0 saturated carbocycles. The fraction of sp³-hybridized carbons (Fsp3) is 0.370. The number of nitrogens with zero attached hydrogens (tertiary/aromatic N) is 3. The van der Waals surface area contributed by atoms with E-state index >= 15 is 0 Å². The van der Waals surface area contributed by atoms with Gasteiger partial charge in [0.1, 0.15) is 19.3 Å². The Hall–Kier alpha value is -3.65. The minimum absolute atomic E-state index is 0.0462. The van der Waals surface area contributed by atoms with Crippen molar-refractivity contribution in [2.45, 2.75) is 18.9 Å². The number of amides is 2. The summed E-state index contributed by atoms with van der Waals surface area (Å²) < 4.78 is 16.9. The van der Waals surface area contributed by atoms with Crippen LogP contribution in [0.25, 0.3) is 22.2 Å². The number of rotatable bonds is 3. The van der Waals surface area contributed by atoms with E-state index in [4.69, 9.17) is 19.2 Å². The monoisotopic (exact) mass is 473 g/mol. The number of carbonyl (C=O) groups excluding carboxylic acids is 2. The van der Waals surface area contributed by atoms with Gasteiger partial charge in [0.2, 0.25) is 0 Å². The van der Waals surface area contributed by atoms with Gasteiger partial charge in [-0.25, -0.2) is 4.98 Å². The summed E-state index contributed by atoms with van der Waals surface area (Å²) in [5, 5.41) is 0.816. The van der Waals surface area contributed by atoms with Gasteiger partial charge in [0.15, 0.2) is 11.5 Å². The summed E-state index contributed by atoms with van der Waals surface area (Å²) in [6, 6.07) is 15.3. The Kier molecular flexibility index (Phi) is 5.74. The van der Waals surface area contributed by atoms with E-state index in [-0.39, 0.29) is 17.9 Å². The van der Waals surface area contributed by atoms with Crippen molar-refractivity contribution >= 4 is 22.7 Å². The molecule has 0 spiro atoms. The van der Waals surface area contributed by atoms with Gasteiger partial charge in [0.05, 0.1) is 16.8 Å². The number of carbonyl (C=O) groups is 2. The van der Waals surface area contributed by atoms with Gasteiger partial charge in [-0.3, -0.25) is 9.59 Å². The molecular weight excluding hydrogens is 446 g/mol. The van der Waals surface area contributed by atoms with E-state index in [0.717, 1.165) is 29.3 Å². The van der Waals surface area contributed by atoms with Crippen LogP contribution in [-0.4, -0.2) is 78.7 Å². The van der Waals surface area contributed by atoms with Crippen molar-refractivity contribution < 1.29 is 23.8 Å². The fourth-order valence-electron chi connectivity index (χ4n) is 4.98. The predicted octanol–water partition coefficient (Wildman–Crippen LogP) is 3.14. The summed E-state index contributed by atoms with van der Waals surface area (Å²) in [5.41, 5.74) is 2.94. The number of para-hydroxylation sites is 1. The van der Waals surface area contributed by atoms with Crippen LogP contribution < -0.4 is 9.47 Å². The van der Waals surface area contributed by atoms with Crippen LogP contribution in [-0.2, 0) is 9.53 Å². The van der Waals surface area contributed by atoms with Crippen molar-refractivity contribution in [1.82, 2.24) is 14.8 Å². The highest BCUT2D eigenvalue weighted by atomic mass is 16.6. The molecule has 8 heteroatoms. The maximum atomic E-state index is 13.7. The molecule has 4 heterocycles. The summed E-state index contributed by atoms with van der Waals surface area (Å²) in [4.78, 5) is 34.9. The predicted molar refractivity (Wildman–Crippen MR) is 130 cm³/mol. The zero-order valence-corrected chi connectivity index (χ0v) is 19.4. The second kappa shape index (κ2) is 9.19. The molecule has 1 atom stereocenters. The Labute approximate surface area is 203 Å². The Morgan fingerprint density at radius 2 is 1.63 bits per heavy atom. The lowest BCUT2D eigenvalue weighted by atomic mass is 10.0. The summed E-state index contributed by atoms with van der Waals surface area (Å²) in [5.74, 6) is 1.40. The Morgan fingerprint density at radius 3 is 2.43 bits per heavy atom. The molecule has 2 fully saturated rings. The number of hydrogen-bond donors (Lipinski definition) is 0. The van der Waals surface area contributed by atoms with Gasteiger partial charge in [-0.2, -0.15) is 0 Å². The highest BCUT2D eigenvalue weighted by Crippen LogP contribution is 2.35. The minimum atomic E-state index is -0.324. The molecule has 1 aromatic heterocycles. The van der Waals surface area contributed by atoms with Crippen LogP contribution in [0.3, 0.4) is 0 Å². The third kappa shape index (κ3) is 4.18. The van der Waals surface area contributed by atoms with Gasteiger partial charge in [-0.15, -0.1) is 0 Å². The Morgan fingerprint density at radius 1 is 0.857 bits per heavy atom. The molecule has 180 valence electrons. The van der Waals surface area contributed by atoms with Crippen LogP contribution in [0.1, 0.15) is 23.2 Å². The third-order valence-corrected chi connectivity index (χ3v) is 6.87. The number of pyridine rings is 1. The van der Waals surface area contributed by atoms with Crippen LogP contribution in [0.5, 0.6) is 11.5 Å². The van der Waals surface area contributed by atoms with Crippen LogP contribution in [0, 0.1) is 0 Å². The average Bonchev–Trinajstić information content (AvgIpc) is 3.47. The SMILES string of the molecule is O=C(c1cc(-c2ccc3c(c2)OCCO3)nc2ccccc12)N1CCN(C(=O)C2CCCO2)CC1. The molecule has 2 amide bonds. The second-order valence-corrected chi connectivity index (χ2v) is 9.05. The van der Waals surface area contributed by atoms with Gasteiger partial charge >= 0.3 is 0 Å². The average molecular weight is 474 g/mol. The van der Waals surface area contributed by atoms with E-state index in [2.05, 4.69) is 0 Å². The lowest BCUT2D eigenvalue weighted by molar-refractivity contribution is -0.142. The van der Waals surface area contributed by atoms with E-state index < -0.39 is 0 Å². The largest absolute Gasteiger partial charge is 0.486 e. The van der Waals surface area contributed by atoms with E-state index in [0.29, 0.717) is 68.8 Å². The summed E-state index contributed by atoms with van der Waals surface area (Å²) in [7, 11) is 0. The quantitative estimate of drug-likeness (QED) is 0.582. The van der Waals surface area contributed by atoms with E-state index in [1.165, 1.54) is 0 Å². The van der Waals surface area contributed by atoms with Crippen LogP contribution >= 0.6 is 0 Å². The maximum absolute atomic E-state index is 13.7. The molecule has 3 aromatic rings. The Balaban J connectivity index is 1.27. The first kappa shape index (κ1) is 21.9. The molecule has 0 bridgehead atoms. The molecule has 2 saturated heterocycles. The number of benzene rings is 2. The van der Waals surface area contributed by atoms with Crippen molar-refractivity contribution in [3.63, 3.8) is 0 Å². The first-order valence-corrected chi connectivity index (χ1v) is 12.2. The summed E-state index contributed by atoms with van der Waals surface area (Å²) >= 11 is 0. The van der Waals surface area contributed by atoms with Crippen molar-refractivity contribution in [2.24, 2.45) is 0 Å². The summed E-state index contributed by atoms with van der Waals surface area (Å²) in [6.45, 7) is 3.71. The number of ether oxygens (including phenoxy) is 3. The summed E-state index contributed by atoms with van der Waals surface area (Å²) in [6.07, 6.45) is 1.38. The zero-order chi connectivity index (χ0) is 23.8. The van der Waals surface area contributed by atoms with Crippen LogP contribution in [0.15, 0.2) is 48.5 Å². The molecule has 0 N–H and O–H groups in total. The van der Waals surface area contributed by atoms with Gasteiger partial charge in [-0.05, 0) is 43.2 Å². The molecule has 0 aliphatic carbocycles. The van der Waals surface area contributed by atoms with Gasteiger partial charge in [0, 0.05) is 43.7 Å². The van der Waals surface area contributed by atoms with Crippen molar-refractivity contribution in [3.8, 4) is 22.8 Å². The number of hydrogen-bond acceptors (Lipinski definition) is 6. The first-order chi connectivity index (χ1) is 17.2. The van der Waals surface area contributed by atoms with Gasteiger partial charge in [0.25, 0.3) is 11.8 Å². The van der Waals surface area contributed by atoms with Crippen molar-refractivity contribution in [2.75, 3.05) is 46.0 Å². The highest BCUT2D eigenvalue weighted by molar-refractivity contribution is 6.07. The molecule has 1 unspecified atom stereocenters. The highest BCUT2D eigenvalue weighted by Gasteiger charge is 2.32. The normalized spacial score (nSPS) is 19.7. The van der Waals surface area contributed by atoms with Crippen molar-refractivity contribution in [1.29, 1.82) is 0 Å². The Bertz CT molecular complexity index is 1280. The number of piperazine rings is 1. The second-order valence-electron chi connectivity index (χ2n) is 9.05. The molecule has 35 heavy (non-hydrogen) atoms. The standard InChI is InChI=1S/C27H27N3O5/c31-26(29-9-11-30(12-10-29)27(32)24-6-3-13-33-24)20-17-22(28-21-5-2-1-4-19(20)21)18-7-8-23-25(16-18)35-15-14-34-23/h1-2,4-5,7-8,16-17,24H,3,6,9-15H2. The molecule has 3 aliphatic heterocycles. The number of fused-ring (bicyclic) bond motifs is 2. The first-order valence-electron chi connectivity index (χ1n) is 12.2. The minimum Gasteiger partial charge on any atom is -0.486 e. The smallest absolute Gasteiger partial charge is 0.254 e. The molecule has 3 aliphatic rings. The molecule has 2 aromatic carbocycles. The number of aromatic nitrogens is 1. The topological polar surface area (TPSA) is 81.2 Å². The van der Waals surface area contributed by atoms with E-state index in [9.17, 15) is 9.59 Å². The fourth-order valence-corrected chi connectivity index (χ4v) is 4.98. The van der Waals surface area contributed by atoms with Crippen LogP contribution in [0.4, 0.5) is 0 Å². The van der Waals surface area contributed by atoms with Gasteiger partial charge < -0.3 is 24.0 Å². The van der Waals surface area contributed by atoms with Gasteiger partial charge in [-0.1, -0.05) is 18.2 Å². The van der Waals surface area contributed by atoms with Crippen molar-refractivity contribution in [3.05, 3.63) is 54.1 Å². The molecule has 0 radical (unpaired) electrons. The zero-order valence-electron chi connectivity index (χ0n) is 19.4. The molecule has 6 rings (SSSR count). The molecule has 8 nitrogen and oxygen atoms in total.